The second-order valence-electron chi connectivity index (χ2n) is 4.70. The van der Waals surface area contributed by atoms with Crippen molar-refractivity contribution in [2.75, 3.05) is 18.9 Å². The van der Waals surface area contributed by atoms with Gasteiger partial charge in [0.05, 0.1) is 12.3 Å². The zero-order chi connectivity index (χ0) is 16.1. The molecule has 1 heterocycles. The fraction of sp³-hybridized carbons (Fsp3) is 0.286. The molecule has 0 saturated carbocycles. The highest BCUT2D eigenvalue weighted by molar-refractivity contribution is 7.17. The number of anilines is 1. The van der Waals surface area contributed by atoms with E-state index in [1.54, 1.807) is 26.1 Å². The Labute approximate surface area is 131 Å². The topological polar surface area (TPSA) is 74.7 Å². The van der Waals surface area contributed by atoms with Gasteiger partial charge in [0.25, 0.3) is 0 Å². The summed E-state index contributed by atoms with van der Waals surface area (Å²) in [4.78, 5) is 17.2. The molecule has 0 radical (unpaired) electrons. The number of hydrogen-bond acceptors (Lipinski definition) is 5. The summed E-state index contributed by atoms with van der Waals surface area (Å²) in [5, 5.41) is 12.6. The van der Waals surface area contributed by atoms with Crippen molar-refractivity contribution in [3.05, 3.63) is 36.3 Å². The summed E-state index contributed by atoms with van der Waals surface area (Å²) in [5.74, 6) is -0.0389. The molecule has 6 nitrogen and oxygen atoms in total. The molecular weight excluding hydrogens is 309 g/mol. The van der Waals surface area contributed by atoms with Crippen molar-refractivity contribution < 1.29 is 19.0 Å². The largest absolute Gasteiger partial charge is 0.445 e. The second-order valence-corrected chi connectivity index (χ2v) is 5.70. The van der Waals surface area contributed by atoms with Crippen LogP contribution >= 0.6 is 11.3 Å². The van der Waals surface area contributed by atoms with E-state index in [0.29, 0.717) is 15.9 Å². The predicted molar refractivity (Wildman–Crippen MR) is 81.9 cm³/mol. The van der Waals surface area contributed by atoms with Crippen LogP contribution in [0.3, 0.4) is 0 Å². The number of rotatable bonds is 5. The van der Waals surface area contributed by atoms with E-state index in [2.05, 4.69) is 10.3 Å². The standard InChI is InChI=1S/C14H16FN3O3S/c1-9(19)8-18(2)14(20)17-13-16-7-12(22-13)21-11-5-3-4-10(15)6-11/h3-7,9,19H,8H2,1-2H3,(H,16,17,20)/t9-/m1/s1. The molecule has 0 bridgehead atoms. The van der Waals surface area contributed by atoms with Gasteiger partial charge in [0, 0.05) is 19.7 Å². The molecule has 0 unspecified atom stereocenters. The van der Waals surface area contributed by atoms with Crippen molar-refractivity contribution in [3.8, 4) is 10.8 Å². The first kappa shape index (κ1) is 16.2. The van der Waals surface area contributed by atoms with Crippen LogP contribution in [-0.2, 0) is 0 Å². The average molecular weight is 325 g/mol. The molecule has 1 atom stereocenters. The number of carbonyl (C=O) groups excluding carboxylic acids is 1. The van der Waals surface area contributed by atoms with Gasteiger partial charge in [-0.2, -0.15) is 0 Å². The van der Waals surface area contributed by atoms with Crippen LogP contribution in [0.2, 0.25) is 0 Å². The molecule has 0 aliphatic heterocycles. The number of urea groups is 1. The minimum absolute atomic E-state index is 0.212. The maximum absolute atomic E-state index is 13.1. The molecule has 0 spiro atoms. The summed E-state index contributed by atoms with van der Waals surface area (Å²) in [6.45, 7) is 1.81. The fourth-order valence-corrected chi connectivity index (χ4v) is 2.35. The number of hydrogen-bond donors (Lipinski definition) is 2. The Hall–Kier alpha value is -2.19. The van der Waals surface area contributed by atoms with Gasteiger partial charge in [-0.25, -0.2) is 14.2 Å². The molecule has 1 aromatic heterocycles. The van der Waals surface area contributed by atoms with Gasteiger partial charge in [-0.05, 0) is 19.1 Å². The number of likely N-dealkylation sites (N-methyl/N-ethyl adjacent to an activating group) is 1. The molecule has 2 amide bonds. The Kier molecular flexibility index (Phi) is 5.29. The first-order valence-electron chi connectivity index (χ1n) is 6.53. The summed E-state index contributed by atoms with van der Waals surface area (Å²) in [6, 6.07) is 5.36. The third-order valence-electron chi connectivity index (χ3n) is 2.60. The van der Waals surface area contributed by atoms with Crippen molar-refractivity contribution in [1.29, 1.82) is 0 Å². The van der Waals surface area contributed by atoms with E-state index >= 15 is 0 Å². The Morgan fingerprint density at radius 2 is 2.36 bits per heavy atom. The molecular formula is C14H16FN3O3S. The van der Waals surface area contributed by atoms with E-state index < -0.39 is 11.9 Å². The molecule has 22 heavy (non-hydrogen) atoms. The first-order valence-corrected chi connectivity index (χ1v) is 7.35. The lowest BCUT2D eigenvalue weighted by Gasteiger charge is -2.18. The van der Waals surface area contributed by atoms with Crippen molar-refractivity contribution in [2.24, 2.45) is 0 Å². The number of halogens is 1. The van der Waals surface area contributed by atoms with Crippen LogP contribution in [0.25, 0.3) is 0 Å². The van der Waals surface area contributed by atoms with Gasteiger partial charge in [0.2, 0.25) is 5.06 Å². The number of ether oxygens (including phenoxy) is 1. The molecule has 1 aromatic carbocycles. The van der Waals surface area contributed by atoms with E-state index in [-0.39, 0.29) is 12.6 Å². The minimum Gasteiger partial charge on any atom is -0.445 e. The lowest BCUT2D eigenvalue weighted by Crippen LogP contribution is -2.36. The van der Waals surface area contributed by atoms with Gasteiger partial charge in [-0.15, -0.1) is 0 Å². The Bertz CT molecular complexity index is 648. The van der Waals surface area contributed by atoms with Crippen LogP contribution in [0.5, 0.6) is 10.8 Å². The number of thiazole rings is 1. The fourth-order valence-electron chi connectivity index (χ4n) is 1.68. The quantitative estimate of drug-likeness (QED) is 0.886. The number of aliphatic hydroxyl groups excluding tert-OH is 1. The summed E-state index contributed by atoms with van der Waals surface area (Å²) < 4.78 is 18.5. The van der Waals surface area contributed by atoms with E-state index in [4.69, 9.17) is 4.74 Å². The zero-order valence-electron chi connectivity index (χ0n) is 12.1. The summed E-state index contributed by atoms with van der Waals surface area (Å²) in [7, 11) is 1.57. The maximum Gasteiger partial charge on any atom is 0.323 e. The van der Waals surface area contributed by atoms with E-state index in [0.717, 1.165) is 11.3 Å². The number of aromatic nitrogens is 1. The Balaban J connectivity index is 1.95. The van der Waals surface area contributed by atoms with Crippen LogP contribution in [0.1, 0.15) is 6.92 Å². The van der Waals surface area contributed by atoms with Crippen LogP contribution in [0.15, 0.2) is 30.5 Å². The molecule has 118 valence electrons. The molecule has 2 N–H and O–H groups in total. The highest BCUT2D eigenvalue weighted by Crippen LogP contribution is 2.30. The summed E-state index contributed by atoms with van der Waals surface area (Å²) in [5.41, 5.74) is 0. The first-order chi connectivity index (χ1) is 10.4. The molecule has 0 aliphatic rings. The van der Waals surface area contributed by atoms with Gasteiger partial charge in [-0.3, -0.25) is 5.32 Å². The van der Waals surface area contributed by atoms with E-state index in [1.165, 1.54) is 23.2 Å². The third kappa shape index (κ3) is 4.68. The van der Waals surface area contributed by atoms with Crippen molar-refractivity contribution >= 4 is 22.5 Å². The summed E-state index contributed by atoms with van der Waals surface area (Å²) >= 11 is 1.12. The average Bonchev–Trinajstić information content (AvgIpc) is 2.85. The number of aliphatic hydroxyl groups is 1. The minimum atomic E-state index is -0.612. The van der Waals surface area contributed by atoms with Gasteiger partial charge in [0.15, 0.2) is 5.13 Å². The second kappa shape index (κ2) is 7.19. The van der Waals surface area contributed by atoms with Crippen molar-refractivity contribution in [2.45, 2.75) is 13.0 Å². The molecule has 8 heteroatoms. The third-order valence-corrected chi connectivity index (χ3v) is 3.39. The van der Waals surface area contributed by atoms with E-state index in [1.807, 2.05) is 0 Å². The van der Waals surface area contributed by atoms with Crippen LogP contribution in [0.4, 0.5) is 14.3 Å². The molecule has 0 fully saturated rings. The predicted octanol–water partition coefficient (Wildman–Crippen LogP) is 2.92. The molecule has 0 saturated heterocycles. The number of benzene rings is 1. The van der Waals surface area contributed by atoms with Crippen LogP contribution in [-0.4, -0.2) is 40.7 Å². The highest BCUT2D eigenvalue weighted by Gasteiger charge is 2.13. The van der Waals surface area contributed by atoms with Gasteiger partial charge in [0.1, 0.15) is 11.6 Å². The number of nitrogens with zero attached hydrogens (tertiary/aromatic N) is 2. The van der Waals surface area contributed by atoms with Crippen molar-refractivity contribution in [1.82, 2.24) is 9.88 Å². The van der Waals surface area contributed by atoms with Gasteiger partial charge in [-0.1, -0.05) is 17.4 Å². The lowest BCUT2D eigenvalue weighted by molar-refractivity contribution is 0.149. The normalized spacial score (nSPS) is 11.8. The van der Waals surface area contributed by atoms with Crippen LogP contribution in [0, 0.1) is 5.82 Å². The summed E-state index contributed by atoms with van der Waals surface area (Å²) in [6.07, 6.45) is 0.832. The maximum atomic E-state index is 13.1. The van der Waals surface area contributed by atoms with E-state index in [9.17, 15) is 14.3 Å². The Morgan fingerprint density at radius 1 is 1.59 bits per heavy atom. The van der Waals surface area contributed by atoms with Gasteiger partial charge < -0.3 is 14.7 Å². The highest BCUT2D eigenvalue weighted by atomic mass is 32.1. The number of nitrogens with one attached hydrogen (secondary N) is 1. The molecule has 2 rings (SSSR count). The monoisotopic (exact) mass is 325 g/mol. The zero-order valence-corrected chi connectivity index (χ0v) is 12.9. The SMILES string of the molecule is C[C@@H](O)CN(C)C(=O)Nc1ncc(Oc2cccc(F)c2)s1. The van der Waals surface area contributed by atoms with Gasteiger partial charge >= 0.3 is 6.03 Å². The van der Waals surface area contributed by atoms with Crippen LogP contribution < -0.4 is 10.1 Å². The Morgan fingerprint density at radius 3 is 3.05 bits per heavy atom. The smallest absolute Gasteiger partial charge is 0.323 e. The van der Waals surface area contributed by atoms with Crippen molar-refractivity contribution in [3.63, 3.8) is 0 Å². The lowest BCUT2D eigenvalue weighted by atomic mass is 10.3. The molecule has 2 aromatic rings. The number of amides is 2. The number of carbonyl (C=O) groups is 1. The molecule has 0 aliphatic carbocycles.